The average Bonchev–Trinajstić information content (AvgIpc) is 2.33. The molecule has 0 amide bonds. The van der Waals surface area contributed by atoms with Gasteiger partial charge in [-0.25, -0.2) is 0 Å². The molecule has 0 spiro atoms. The van der Waals surface area contributed by atoms with E-state index in [0.29, 0.717) is 0 Å². The van der Waals surface area contributed by atoms with Gasteiger partial charge in [0.2, 0.25) is 0 Å². The van der Waals surface area contributed by atoms with Crippen molar-refractivity contribution in [3.8, 4) is 5.75 Å². The van der Waals surface area contributed by atoms with Crippen molar-refractivity contribution in [3.05, 3.63) is 23.8 Å². The summed E-state index contributed by atoms with van der Waals surface area (Å²) in [6.45, 7) is 5.02. The molecule has 0 aliphatic carbocycles. The Morgan fingerprint density at radius 3 is 2.71 bits per heavy atom. The molecule has 0 aliphatic heterocycles. The molecular formula is C13H22N2O2. The Hall–Kier alpha value is -1.26. The van der Waals surface area contributed by atoms with E-state index in [9.17, 15) is 0 Å². The standard InChI is InChI=1S/C13H22N2O2/c1-3-15(5-4-6-16)10-11-7-12(14)9-13(8-11)17-2/h7-9,16H,3-6,10,14H2,1-2H3. The summed E-state index contributed by atoms with van der Waals surface area (Å²) in [6, 6.07) is 5.77. The summed E-state index contributed by atoms with van der Waals surface area (Å²) in [4.78, 5) is 2.27. The molecule has 96 valence electrons. The molecule has 0 saturated heterocycles. The molecule has 0 atom stereocenters. The van der Waals surface area contributed by atoms with Crippen LogP contribution in [-0.4, -0.2) is 36.8 Å². The van der Waals surface area contributed by atoms with Crippen LogP contribution in [0.5, 0.6) is 5.75 Å². The van der Waals surface area contributed by atoms with E-state index in [1.54, 1.807) is 7.11 Å². The first-order chi connectivity index (χ1) is 8.19. The fourth-order valence-electron chi connectivity index (χ4n) is 1.80. The van der Waals surface area contributed by atoms with Crippen LogP contribution in [0.25, 0.3) is 0 Å². The first-order valence-electron chi connectivity index (χ1n) is 5.96. The summed E-state index contributed by atoms with van der Waals surface area (Å²) in [5.74, 6) is 0.790. The average molecular weight is 238 g/mol. The molecule has 0 saturated carbocycles. The number of aliphatic hydroxyl groups is 1. The number of hydrogen-bond donors (Lipinski definition) is 2. The Morgan fingerprint density at radius 2 is 2.12 bits per heavy atom. The van der Waals surface area contributed by atoms with Gasteiger partial charge in [0.25, 0.3) is 0 Å². The predicted molar refractivity (Wildman–Crippen MR) is 70.1 cm³/mol. The summed E-state index contributed by atoms with van der Waals surface area (Å²) < 4.78 is 5.19. The topological polar surface area (TPSA) is 58.7 Å². The maximum Gasteiger partial charge on any atom is 0.121 e. The second-order valence-corrected chi connectivity index (χ2v) is 4.06. The Morgan fingerprint density at radius 1 is 1.35 bits per heavy atom. The zero-order valence-electron chi connectivity index (χ0n) is 10.6. The first-order valence-corrected chi connectivity index (χ1v) is 5.96. The predicted octanol–water partition coefficient (Wildman–Crippen LogP) is 1.48. The van der Waals surface area contributed by atoms with Gasteiger partial charge >= 0.3 is 0 Å². The number of rotatable bonds is 7. The Balaban J connectivity index is 2.68. The Bertz CT molecular complexity index is 342. The molecule has 4 nitrogen and oxygen atoms in total. The number of nitrogen functional groups attached to an aromatic ring is 1. The quantitative estimate of drug-likeness (QED) is 0.706. The molecule has 0 unspecified atom stereocenters. The van der Waals surface area contributed by atoms with Gasteiger partial charge < -0.3 is 15.6 Å². The molecule has 1 aromatic carbocycles. The van der Waals surface area contributed by atoms with Crippen molar-refractivity contribution in [2.24, 2.45) is 0 Å². The molecule has 3 N–H and O–H groups in total. The molecule has 1 rings (SSSR count). The number of aliphatic hydroxyl groups excluding tert-OH is 1. The highest BCUT2D eigenvalue weighted by atomic mass is 16.5. The second kappa shape index (κ2) is 7.14. The van der Waals surface area contributed by atoms with Crippen LogP contribution in [0.2, 0.25) is 0 Å². The van der Waals surface area contributed by atoms with E-state index in [0.717, 1.165) is 43.1 Å². The van der Waals surface area contributed by atoms with Crippen molar-refractivity contribution in [2.75, 3.05) is 32.5 Å². The first kappa shape index (κ1) is 13.8. The van der Waals surface area contributed by atoms with Crippen molar-refractivity contribution < 1.29 is 9.84 Å². The van der Waals surface area contributed by atoms with Crippen molar-refractivity contribution in [1.82, 2.24) is 4.90 Å². The summed E-state index contributed by atoms with van der Waals surface area (Å²) in [5.41, 5.74) is 7.67. The van der Waals surface area contributed by atoms with Crippen LogP contribution in [0.15, 0.2) is 18.2 Å². The fraction of sp³-hybridized carbons (Fsp3) is 0.538. The third kappa shape index (κ3) is 4.63. The van der Waals surface area contributed by atoms with Gasteiger partial charge in [0, 0.05) is 31.5 Å². The highest BCUT2D eigenvalue weighted by Crippen LogP contribution is 2.19. The van der Waals surface area contributed by atoms with E-state index in [4.69, 9.17) is 15.6 Å². The van der Waals surface area contributed by atoms with Crippen molar-refractivity contribution in [2.45, 2.75) is 19.9 Å². The van der Waals surface area contributed by atoms with Crippen LogP contribution in [0.1, 0.15) is 18.9 Å². The van der Waals surface area contributed by atoms with Gasteiger partial charge in [0.1, 0.15) is 5.75 Å². The highest BCUT2D eigenvalue weighted by Gasteiger charge is 2.05. The van der Waals surface area contributed by atoms with E-state index in [1.165, 1.54) is 0 Å². The molecular weight excluding hydrogens is 216 g/mol. The lowest BCUT2D eigenvalue weighted by Crippen LogP contribution is -2.24. The van der Waals surface area contributed by atoms with E-state index in [-0.39, 0.29) is 6.61 Å². The van der Waals surface area contributed by atoms with Crippen molar-refractivity contribution >= 4 is 5.69 Å². The molecule has 4 heteroatoms. The van der Waals surface area contributed by atoms with E-state index in [1.807, 2.05) is 18.2 Å². The lowest BCUT2D eigenvalue weighted by Gasteiger charge is -2.20. The number of benzene rings is 1. The van der Waals surface area contributed by atoms with Crippen molar-refractivity contribution in [1.29, 1.82) is 0 Å². The summed E-state index contributed by atoms with van der Waals surface area (Å²) in [5, 5.41) is 8.84. The second-order valence-electron chi connectivity index (χ2n) is 4.06. The minimum Gasteiger partial charge on any atom is -0.497 e. The smallest absolute Gasteiger partial charge is 0.121 e. The molecule has 0 aromatic heterocycles. The van der Waals surface area contributed by atoms with Crippen LogP contribution in [-0.2, 0) is 6.54 Å². The number of nitrogens with zero attached hydrogens (tertiary/aromatic N) is 1. The van der Waals surface area contributed by atoms with E-state index in [2.05, 4.69) is 11.8 Å². The van der Waals surface area contributed by atoms with Gasteiger partial charge in [-0.3, -0.25) is 4.90 Å². The van der Waals surface area contributed by atoms with Crippen LogP contribution < -0.4 is 10.5 Å². The molecule has 0 aliphatic rings. The van der Waals surface area contributed by atoms with Crippen LogP contribution in [0.3, 0.4) is 0 Å². The molecule has 0 radical (unpaired) electrons. The Labute approximate surface area is 103 Å². The largest absolute Gasteiger partial charge is 0.497 e. The number of nitrogens with two attached hydrogens (primary N) is 1. The lowest BCUT2D eigenvalue weighted by molar-refractivity contribution is 0.225. The molecule has 0 heterocycles. The lowest BCUT2D eigenvalue weighted by atomic mass is 10.1. The molecule has 0 fully saturated rings. The summed E-state index contributed by atoms with van der Waals surface area (Å²) in [7, 11) is 1.64. The number of anilines is 1. The van der Waals surface area contributed by atoms with Gasteiger partial charge in [-0.1, -0.05) is 6.92 Å². The third-order valence-electron chi connectivity index (χ3n) is 2.71. The Kier molecular flexibility index (Phi) is 5.80. The maximum absolute atomic E-state index is 8.84. The van der Waals surface area contributed by atoms with Crippen LogP contribution >= 0.6 is 0 Å². The zero-order chi connectivity index (χ0) is 12.7. The van der Waals surface area contributed by atoms with Gasteiger partial charge in [-0.2, -0.15) is 0 Å². The van der Waals surface area contributed by atoms with Gasteiger partial charge in [-0.15, -0.1) is 0 Å². The number of hydrogen-bond acceptors (Lipinski definition) is 4. The maximum atomic E-state index is 8.84. The monoisotopic (exact) mass is 238 g/mol. The molecule has 17 heavy (non-hydrogen) atoms. The van der Waals surface area contributed by atoms with Gasteiger partial charge in [0.05, 0.1) is 7.11 Å². The summed E-state index contributed by atoms with van der Waals surface area (Å²) in [6.07, 6.45) is 0.799. The zero-order valence-corrected chi connectivity index (χ0v) is 10.6. The van der Waals surface area contributed by atoms with E-state index >= 15 is 0 Å². The third-order valence-corrected chi connectivity index (χ3v) is 2.71. The van der Waals surface area contributed by atoms with Crippen LogP contribution in [0.4, 0.5) is 5.69 Å². The van der Waals surface area contributed by atoms with Crippen molar-refractivity contribution in [3.63, 3.8) is 0 Å². The van der Waals surface area contributed by atoms with Gasteiger partial charge in [-0.05, 0) is 30.7 Å². The summed E-state index contributed by atoms with van der Waals surface area (Å²) >= 11 is 0. The van der Waals surface area contributed by atoms with Gasteiger partial charge in [0.15, 0.2) is 0 Å². The minimum absolute atomic E-state index is 0.233. The number of methoxy groups -OCH3 is 1. The van der Waals surface area contributed by atoms with Crippen LogP contribution in [0, 0.1) is 0 Å². The minimum atomic E-state index is 0.233. The number of ether oxygens (including phenoxy) is 1. The molecule has 0 bridgehead atoms. The van der Waals surface area contributed by atoms with E-state index < -0.39 is 0 Å². The highest BCUT2D eigenvalue weighted by molar-refractivity contribution is 5.47. The normalized spacial score (nSPS) is 10.8. The SMILES string of the molecule is CCN(CCCO)Cc1cc(N)cc(OC)c1. The molecule has 1 aromatic rings. The fourth-order valence-corrected chi connectivity index (χ4v) is 1.80.